The fourth-order valence-corrected chi connectivity index (χ4v) is 1.48. The van der Waals surface area contributed by atoms with Crippen molar-refractivity contribution in [2.45, 2.75) is 33.6 Å². The second kappa shape index (κ2) is 12.9. The van der Waals surface area contributed by atoms with Crippen LogP contribution in [0, 0.1) is 5.92 Å². The summed E-state index contributed by atoms with van der Waals surface area (Å²) >= 11 is 0. The molecule has 0 amide bonds. The fourth-order valence-electron chi connectivity index (χ4n) is 1.48. The topological polar surface area (TPSA) is 71.1 Å². The molecule has 0 aliphatic rings. The van der Waals surface area contributed by atoms with Crippen LogP contribution in [0.15, 0.2) is 0 Å². The molecule has 0 aromatic carbocycles. The van der Waals surface area contributed by atoms with Gasteiger partial charge in [-0.3, -0.25) is 9.59 Å². The Hall–Kier alpha value is -1.14. The Kier molecular flexibility index (Phi) is 12.1. The average Bonchev–Trinajstić information content (AvgIpc) is 2.39. The van der Waals surface area contributed by atoms with Crippen molar-refractivity contribution < 1.29 is 28.5 Å². The molecule has 0 aliphatic heterocycles. The van der Waals surface area contributed by atoms with Crippen LogP contribution in [0.2, 0.25) is 0 Å². The van der Waals surface area contributed by atoms with Gasteiger partial charge in [0, 0.05) is 26.1 Å². The van der Waals surface area contributed by atoms with E-state index in [-0.39, 0.29) is 43.9 Å². The molecule has 0 atom stereocenters. The second-order valence-electron chi connectivity index (χ2n) is 4.35. The zero-order valence-corrected chi connectivity index (χ0v) is 12.7. The molecule has 0 fully saturated rings. The number of ether oxygens (including phenoxy) is 4. The average molecular weight is 290 g/mol. The van der Waals surface area contributed by atoms with E-state index in [0.29, 0.717) is 26.4 Å². The van der Waals surface area contributed by atoms with E-state index in [1.54, 1.807) is 0 Å². The molecule has 0 aromatic heterocycles. The van der Waals surface area contributed by atoms with Gasteiger partial charge in [-0.25, -0.2) is 0 Å². The van der Waals surface area contributed by atoms with E-state index in [9.17, 15) is 9.59 Å². The molecule has 6 nitrogen and oxygen atoms in total. The molecule has 118 valence electrons. The molecule has 0 spiro atoms. The highest BCUT2D eigenvalue weighted by Crippen LogP contribution is 2.09. The maximum Gasteiger partial charge on any atom is 0.306 e. The molecule has 0 aromatic rings. The van der Waals surface area contributed by atoms with E-state index < -0.39 is 0 Å². The normalized spacial score (nSPS) is 10.6. The summed E-state index contributed by atoms with van der Waals surface area (Å²) < 4.78 is 20.1. The van der Waals surface area contributed by atoms with Gasteiger partial charge in [0.25, 0.3) is 0 Å². The van der Waals surface area contributed by atoms with Crippen molar-refractivity contribution in [2.24, 2.45) is 5.92 Å². The van der Waals surface area contributed by atoms with Gasteiger partial charge in [0.05, 0.1) is 13.2 Å². The lowest BCUT2D eigenvalue weighted by Crippen LogP contribution is -2.17. The summed E-state index contributed by atoms with van der Waals surface area (Å²) in [5.41, 5.74) is 0. The monoisotopic (exact) mass is 290 g/mol. The lowest BCUT2D eigenvalue weighted by molar-refractivity contribution is -0.148. The molecule has 0 bridgehead atoms. The SMILES string of the molecule is CCOCCOC(=O)CC(C)CC(=O)OCCOCC. The molecule has 0 N–H and O–H groups in total. The quantitative estimate of drug-likeness (QED) is 0.401. The molecule has 0 radical (unpaired) electrons. The second-order valence-corrected chi connectivity index (χ2v) is 4.35. The first-order valence-corrected chi connectivity index (χ1v) is 7.06. The van der Waals surface area contributed by atoms with E-state index in [0.717, 1.165) is 0 Å². The minimum atomic E-state index is -0.320. The number of carbonyl (C=O) groups excluding carboxylic acids is 2. The van der Waals surface area contributed by atoms with Crippen LogP contribution in [0.5, 0.6) is 0 Å². The fraction of sp³-hybridized carbons (Fsp3) is 0.857. The zero-order valence-electron chi connectivity index (χ0n) is 12.7. The highest BCUT2D eigenvalue weighted by atomic mass is 16.6. The molecular weight excluding hydrogens is 264 g/mol. The molecule has 0 saturated carbocycles. The predicted octanol–water partition coefficient (Wildman–Crippen LogP) is 1.56. The van der Waals surface area contributed by atoms with Gasteiger partial charge in [-0.2, -0.15) is 0 Å². The van der Waals surface area contributed by atoms with E-state index in [4.69, 9.17) is 18.9 Å². The third kappa shape index (κ3) is 11.9. The van der Waals surface area contributed by atoms with Gasteiger partial charge < -0.3 is 18.9 Å². The van der Waals surface area contributed by atoms with Crippen molar-refractivity contribution in [3.63, 3.8) is 0 Å². The van der Waals surface area contributed by atoms with Crippen molar-refractivity contribution in [3.8, 4) is 0 Å². The van der Waals surface area contributed by atoms with Crippen molar-refractivity contribution >= 4 is 11.9 Å². The van der Waals surface area contributed by atoms with Crippen LogP contribution in [0.1, 0.15) is 33.6 Å². The van der Waals surface area contributed by atoms with Gasteiger partial charge in [-0.15, -0.1) is 0 Å². The van der Waals surface area contributed by atoms with E-state index in [2.05, 4.69) is 0 Å². The van der Waals surface area contributed by atoms with Crippen LogP contribution in [-0.4, -0.2) is 51.6 Å². The summed E-state index contributed by atoms with van der Waals surface area (Å²) in [5.74, 6) is -0.743. The maximum absolute atomic E-state index is 11.4. The van der Waals surface area contributed by atoms with Gasteiger partial charge >= 0.3 is 11.9 Å². The van der Waals surface area contributed by atoms with Gasteiger partial charge in [-0.1, -0.05) is 6.92 Å². The van der Waals surface area contributed by atoms with E-state index in [1.165, 1.54) is 0 Å². The van der Waals surface area contributed by atoms with Crippen molar-refractivity contribution in [1.29, 1.82) is 0 Å². The third-order valence-electron chi connectivity index (χ3n) is 2.42. The van der Waals surface area contributed by atoms with Gasteiger partial charge in [-0.05, 0) is 19.8 Å². The molecule has 0 saturated heterocycles. The lowest BCUT2D eigenvalue weighted by Gasteiger charge is -2.11. The lowest BCUT2D eigenvalue weighted by atomic mass is 10.0. The van der Waals surface area contributed by atoms with Crippen LogP contribution in [0.3, 0.4) is 0 Å². The summed E-state index contributed by atoms with van der Waals surface area (Å²) in [6.45, 7) is 8.06. The predicted molar refractivity (Wildman–Crippen MR) is 73.3 cm³/mol. The highest BCUT2D eigenvalue weighted by molar-refractivity contribution is 5.73. The first-order chi connectivity index (χ1) is 9.60. The number of esters is 2. The molecule has 0 unspecified atom stereocenters. The Labute approximate surface area is 120 Å². The summed E-state index contributed by atoms with van der Waals surface area (Å²) in [4.78, 5) is 22.9. The highest BCUT2D eigenvalue weighted by Gasteiger charge is 2.15. The van der Waals surface area contributed by atoms with Crippen LogP contribution in [-0.2, 0) is 28.5 Å². The zero-order chi connectivity index (χ0) is 15.2. The molecule has 20 heavy (non-hydrogen) atoms. The number of rotatable bonds is 12. The van der Waals surface area contributed by atoms with Gasteiger partial charge in [0.1, 0.15) is 13.2 Å². The van der Waals surface area contributed by atoms with Crippen LogP contribution < -0.4 is 0 Å². The molecule has 0 heterocycles. The smallest absolute Gasteiger partial charge is 0.306 e. The van der Waals surface area contributed by atoms with E-state index in [1.807, 2.05) is 20.8 Å². The summed E-state index contributed by atoms with van der Waals surface area (Å²) in [5, 5.41) is 0. The summed E-state index contributed by atoms with van der Waals surface area (Å²) in [7, 11) is 0. The Morgan fingerprint density at radius 2 is 1.20 bits per heavy atom. The Balaban J connectivity index is 3.61. The number of hydrogen-bond donors (Lipinski definition) is 0. The van der Waals surface area contributed by atoms with Crippen LogP contribution in [0.4, 0.5) is 0 Å². The molecule has 0 rings (SSSR count). The van der Waals surface area contributed by atoms with Crippen LogP contribution in [0.25, 0.3) is 0 Å². The van der Waals surface area contributed by atoms with E-state index >= 15 is 0 Å². The van der Waals surface area contributed by atoms with Crippen LogP contribution >= 0.6 is 0 Å². The summed E-state index contributed by atoms with van der Waals surface area (Å²) in [6.07, 6.45) is 0.402. The Bertz CT molecular complexity index is 240. The Morgan fingerprint density at radius 3 is 1.55 bits per heavy atom. The first-order valence-electron chi connectivity index (χ1n) is 7.06. The molecule has 6 heteroatoms. The van der Waals surface area contributed by atoms with Crippen molar-refractivity contribution in [1.82, 2.24) is 0 Å². The maximum atomic E-state index is 11.4. The number of carbonyl (C=O) groups is 2. The molecular formula is C14H26O6. The van der Waals surface area contributed by atoms with Crippen molar-refractivity contribution in [3.05, 3.63) is 0 Å². The minimum Gasteiger partial charge on any atom is -0.463 e. The number of hydrogen-bond acceptors (Lipinski definition) is 6. The largest absolute Gasteiger partial charge is 0.463 e. The van der Waals surface area contributed by atoms with Crippen molar-refractivity contribution in [2.75, 3.05) is 39.6 Å². The third-order valence-corrected chi connectivity index (χ3v) is 2.42. The molecule has 0 aliphatic carbocycles. The standard InChI is InChI=1S/C14H26O6/c1-4-17-6-8-19-13(15)10-12(3)11-14(16)20-9-7-18-5-2/h12H,4-11H2,1-3H3. The van der Waals surface area contributed by atoms with Gasteiger partial charge in [0.2, 0.25) is 0 Å². The minimum absolute atomic E-state index is 0.103. The first kappa shape index (κ1) is 18.9. The van der Waals surface area contributed by atoms with Gasteiger partial charge in [0.15, 0.2) is 0 Å². The Morgan fingerprint density at radius 1 is 0.800 bits per heavy atom. The summed E-state index contributed by atoms with van der Waals surface area (Å²) in [6, 6.07) is 0.